The predicted molar refractivity (Wildman–Crippen MR) is 97.3 cm³/mol. The number of carbonyl (C=O) groups excluding carboxylic acids is 1. The first-order valence-corrected chi connectivity index (χ1v) is 8.72. The molecule has 1 aliphatic heterocycles. The van der Waals surface area contributed by atoms with Crippen LogP contribution >= 0.6 is 0 Å². The molecule has 0 saturated heterocycles. The summed E-state index contributed by atoms with van der Waals surface area (Å²) in [6.45, 7) is 1.86. The summed E-state index contributed by atoms with van der Waals surface area (Å²) in [5, 5.41) is 4.39. The second-order valence-electron chi connectivity index (χ2n) is 6.35. The molecule has 7 nitrogen and oxygen atoms in total. The maximum Gasteiger partial charge on any atom is 0.387 e. The first-order valence-electron chi connectivity index (χ1n) is 8.72. The second kappa shape index (κ2) is 6.99. The molecule has 0 atom stereocenters. The first-order chi connectivity index (χ1) is 13.5. The molecule has 0 unspecified atom stereocenters. The Morgan fingerprint density at radius 2 is 2.11 bits per heavy atom. The van der Waals surface area contributed by atoms with Crippen molar-refractivity contribution in [2.24, 2.45) is 0 Å². The summed E-state index contributed by atoms with van der Waals surface area (Å²) in [7, 11) is 0. The lowest BCUT2D eigenvalue weighted by Crippen LogP contribution is -2.24. The number of halogens is 2. The van der Waals surface area contributed by atoms with Gasteiger partial charge in [-0.25, -0.2) is 0 Å². The van der Waals surface area contributed by atoms with E-state index in [9.17, 15) is 13.6 Å². The third-order valence-corrected chi connectivity index (χ3v) is 4.52. The molecule has 0 saturated carbocycles. The number of amides is 1. The maximum atomic E-state index is 12.9. The molecule has 144 valence electrons. The van der Waals surface area contributed by atoms with E-state index in [2.05, 4.69) is 19.8 Å². The number of rotatable bonds is 5. The number of pyridine rings is 2. The van der Waals surface area contributed by atoms with E-state index in [4.69, 9.17) is 0 Å². The van der Waals surface area contributed by atoms with E-state index >= 15 is 0 Å². The zero-order valence-electron chi connectivity index (χ0n) is 15.3. The van der Waals surface area contributed by atoms with Crippen molar-refractivity contribution in [2.75, 3.05) is 4.90 Å². The monoisotopic (exact) mass is 385 g/mol. The van der Waals surface area contributed by atoms with Crippen LogP contribution in [-0.2, 0) is 13.1 Å². The van der Waals surface area contributed by atoms with Crippen molar-refractivity contribution in [2.45, 2.75) is 33.5 Å². The van der Waals surface area contributed by atoms with Crippen molar-refractivity contribution in [3.05, 3.63) is 53.6 Å². The summed E-state index contributed by atoms with van der Waals surface area (Å²) < 4.78 is 31.1. The SMILES string of the molecule is CCn1ccc(N2Cc3nc(-c4cncc(OC(F)F)c4)cc(C)c3C2=O)n1. The number of fused-ring (bicyclic) bond motifs is 1. The fourth-order valence-electron chi connectivity index (χ4n) is 3.23. The Morgan fingerprint density at radius 3 is 2.82 bits per heavy atom. The van der Waals surface area contributed by atoms with Gasteiger partial charge in [-0.2, -0.15) is 13.9 Å². The van der Waals surface area contributed by atoms with Crippen LogP contribution < -0.4 is 9.64 Å². The lowest BCUT2D eigenvalue weighted by molar-refractivity contribution is -0.0500. The molecule has 9 heteroatoms. The third kappa shape index (κ3) is 3.19. The molecular formula is C19H17F2N5O2. The molecule has 3 aromatic heterocycles. The van der Waals surface area contributed by atoms with E-state index in [1.807, 2.05) is 20.0 Å². The van der Waals surface area contributed by atoms with Crippen LogP contribution in [0.1, 0.15) is 28.5 Å². The molecule has 1 amide bonds. The van der Waals surface area contributed by atoms with E-state index in [0.29, 0.717) is 41.4 Å². The molecule has 0 N–H and O–H groups in total. The van der Waals surface area contributed by atoms with Crippen molar-refractivity contribution in [3.8, 4) is 17.0 Å². The molecular weight excluding hydrogens is 368 g/mol. The van der Waals surface area contributed by atoms with Gasteiger partial charge in [-0.05, 0) is 31.5 Å². The van der Waals surface area contributed by atoms with Crippen molar-refractivity contribution in [1.82, 2.24) is 19.7 Å². The highest BCUT2D eigenvalue weighted by Crippen LogP contribution is 2.31. The Bertz CT molecular complexity index is 1050. The highest BCUT2D eigenvalue weighted by molar-refractivity contribution is 6.10. The van der Waals surface area contributed by atoms with Gasteiger partial charge in [0.15, 0.2) is 5.82 Å². The van der Waals surface area contributed by atoms with Gasteiger partial charge in [0.2, 0.25) is 0 Å². The summed E-state index contributed by atoms with van der Waals surface area (Å²) in [6, 6.07) is 4.98. The van der Waals surface area contributed by atoms with Gasteiger partial charge in [-0.3, -0.25) is 24.3 Å². The quantitative estimate of drug-likeness (QED) is 0.673. The number of hydrogen-bond donors (Lipinski definition) is 0. The van der Waals surface area contributed by atoms with E-state index in [1.54, 1.807) is 21.7 Å². The Kier molecular flexibility index (Phi) is 4.50. The molecule has 0 fully saturated rings. The van der Waals surface area contributed by atoms with Gasteiger partial charge in [0.05, 0.1) is 29.7 Å². The van der Waals surface area contributed by atoms with E-state index in [-0.39, 0.29) is 11.7 Å². The average molecular weight is 385 g/mol. The van der Waals surface area contributed by atoms with Gasteiger partial charge in [-0.15, -0.1) is 0 Å². The summed E-state index contributed by atoms with van der Waals surface area (Å²) in [5.41, 5.74) is 2.99. The smallest absolute Gasteiger partial charge is 0.387 e. The summed E-state index contributed by atoms with van der Waals surface area (Å²) in [6.07, 6.45) is 4.55. The van der Waals surface area contributed by atoms with Crippen molar-refractivity contribution < 1.29 is 18.3 Å². The topological polar surface area (TPSA) is 73.1 Å². The Balaban J connectivity index is 1.68. The molecule has 0 radical (unpaired) electrons. The highest BCUT2D eigenvalue weighted by atomic mass is 19.3. The number of anilines is 1. The average Bonchev–Trinajstić information content (AvgIpc) is 3.26. The van der Waals surface area contributed by atoms with Crippen molar-refractivity contribution >= 4 is 11.7 Å². The molecule has 1 aliphatic rings. The first kappa shape index (κ1) is 18.0. The number of carbonyl (C=O) groups is 1. The van der Waals surface area contributed by atoms with Gasteiger partial charge in [0, 0.05) is 30.6 Å². The van der Waals surface area contributed by atoms with Crippen LogP contribution in [0.25, 0.3) is 11.3 Å². The van der Waals surface area contributed by atoms with Crippen LogP contribution in [0.15, 0.2) is 36.8 Å². The highest BCUT2D eigenvalue weighted by Gasteiger charge is 2.33. The van der Waals surface area contributed by atoms with E-state index in [1.165, 1.54) is 18.5 Å². The van der Waals surface area contributed by atoms with Gasteiger partial charge in [0.25, 0.3) is 5.91 Å². The molecule has 4 rings (SSSR count). The van der Waals surface area contributed by atoms with Gasteiger partial charge in [0.1, 0.15) is 5.75 Å². The van der Waals surface area contributed by atoms with Crippen LogP contribution in [0.2, 0.25) is 0 Å². The van der Waals surface area contributed by atoms with Gasteiger partial charge in [-0.1, -0.05) is 0 Å². The minimum atomic E-state index is -2.93. The zero-order valence-corrected chi connectivity index (χ0v) is 15.3. The van der Waals surface area contributed by atoms with Crippen molar-refractivity contribution in [3.63, 3.8) is 0 Å². The summed E-state index contributed by atoms with van der Waals surface area (Å²) in [4.78, 5) is 23.0. The lowest BCUT2D eigenvalue weighted by Gasteiger charge is -2.11. The maximum absolute atomic E-state index is 12.9. The molecule has 4 heterocycles. The number of alkyl halides is 2. The standard InChI is InChI=1S/C19H17F2N5O2/c1-3-25-5-4-16(24-25)26-10-15-17(18(26)27)11(2)6-14(23-15)12-7-13(9-22-8-12)28-19(20)21/h4-9,19H,3,10H2,1-2H3. The normalized spacial score (nSPS) is 13.3. The van der Waals surface area contributed by atoms with Gasteiger partial charge < -0.3 is 4.74 Å². The number of aryl methyl sites for hydroxylation is 2. The van der Waals surface area contributed by atoms with Crippen molar-refractivity contribution in [1.29, 1.82) is 0 Å². The number of ether oxygens (including phenoxy) is 1. The molecule has 28 heavy (non-hydrogen) atoms. The largest absolute Gasteiger partial charge is 0.433 e. The van der Waals surface area contributed by atoms with Gasteiger partial charge >= 0.3 is 6.61 Å². The fourth-order valence-corrected chi connectivity index (χ4v) is 3.23. The molecule has 0 bridgehead atoms. The molecule has 0 spiro atoms. The second-order valence-corrected chi connectivity index (χ2v) is 6.35. The minimum absolute atomic E-state index is 0.0461. The van der Waals surface area contributed by atoms with Crippen LogP contribution in [-0.4, -0.2) is 32.3 Å². The number of hydrogen-bond acceptors (Lipinski definition) is 5. The van der Waals surface area contributed by atoms with Crippen LogP contribution in [0, 0.1) is 6.92 Å². The lowest BCUT2D eigenvalue weighted by atomic mass is 10.1. The molecule has 3 aromatic rings. The Morgan fingerprint density at radius 1 is 1.29 bits per heavy atom. The molecule has 0 aromatic carbocycles. The fraction of sp³-hybridized carbons (Fsp3) is 0.263. The summed E-state index contributed by atoms with van der Waals surface area (Å²) in [5.74, 6) is 0.371. The predicted octanol–water partition coefficient (Wildman–Crippen LogP) is 3.43. The number of aromatic nitrogens is 4. The molecule has 0 aliphatic carbocycles. The summed E-state index contributed by atoms with van der Waals surface area (Å²) >= 11 is 0. The van der Waals surface area contributed by atoms with E-state index < -0.39 is 6.61 Å². The Hall–Kier alpha value is -3.36. The zero-order chi connectivity index (χ0) is 19.8. The van der Waals surface area contributed by atoms with E-state index in [0.717, 1.165) is 5.56 Å². The van der Waals surface area contributed by atoms with Crippen LogP contribution in [0.5, 0.6) is 5.75 Å². The van der Waals surface area contributed by atoms with Crippen LogP contribution in [0.3, 0.4) is 0 Å². The third-order valence-electron chi connectivity index (χ3n) is 4.52. The minimum Gasteiger partial charge on any atom is -0.433 e. The Labute approximate surface area is 159 Å². The number of nitrogens with zero attached hydrogens (tertiary/aromatic N) is 5. The van der Waals surface area contributed by atoms with Crippen LogP contribution in [0.4, 0.5) is 14.6 Å².